The summed E-state index contributed by atoms with van der Waals surface area (Å²) in [6, 6.07) is 0. The standard InChI is InChI=1S/C9H19N/c1-7(2)3-8-4-9(5-8)6-10/h7-9H,3-6,10H2,1-2H3. The minimum atomic E-state index is 0.865. The molecule has 0 spiro atoms. The predicted octanol–water partition coefficient (Wildman–Crippen LogP) is 2.02. The van der Waals surface area contributed by atoms with Crippen LogP contribution in [0.1, 0.15) is 33.1 Å². The van der Waals surface area contributed by atoms with E-state index in [9.17, 15) is 0 Å². The van der Waals surface area contributed by atoms with Gasteiger partial charge in [-0.15, -0.1) is 0 Å². The molecule has 1 aliphatic rings. The molecule has 1 rings (SSSR count). The van der Waals surface area contributed by atoms with E-state index >= 15 is 0 Å². The van der Waals surface area contributed by atoms with Crippen LogP contribution in [-0.4, -0.2) is 6.54 Å². The van der Waals surface area contributed by atoms with E-state index in [0.29, 0.717) is 0 Å². The Morgan fingerprint density at radius 1 is 1.30 bits per heavy atom. The number of nitrogens with two attached hydrogens (primary N) is 1. The third-order valence-electron chi connectivity index (χ3n) is 2.47. The van der Waals surface area contributed by atoms with Crippen molar-refractivity contribution in [3.8, 4) is 0 Å². The van der Waals surface area contributed by atoms with E-state index in [2.05, 4.69) is 13.8 Å². The van der Waals surface area contributed by atoms with Gasteiger partial charge >= 0.3 is 0 Å². The molecule has 0 radical (unpaired) electrons. The average molecular weight is 141 g/mol. The van der Waals surface area contributed by atoms with Crippen LogP contribution in [0, 0.1) is 17.8 Å². The summed E-state index contributed by atoms with van der Waals surface area (Å²) in [6.45, 7) is 5.51. The van der Waals surface area contributed by atoms with Crippen LogP contribution in [0.15, 0.2) is 0 Å². The Balaban J connectivity index is 2.03. The van der Waals surface area contributed by atoms with Crippen molar-refractivity contribution in [1.29, 1.82) is 0 Å². The van der Waals surface area contributed by atoms with Gasteiger partial charge in [0, 0.05) is 0 Å². The Labute approximate surface area is 64.0 Å². The van der Waals surface area contributed by atoms with Crippen molar-refractivity contribution in [2.75, 3.05) is 6.54 Å². The van der Waals surface area contributed by atoms with E-state index in [1.165, 1.54) is 19.3 Å². The first-order valence-electron chi connectivity index (χ1n) is 4.42. The summed E-state index contributed by atoms with van der Waals surface area (Å²) in [6.07, 6.45) is 4.21. The molecule has 0 unspecified atom stereocenters. The number of rotatable bonds is 3. The molecule has 0 aromatic heterocycles. The lowest BCUT2D eigenvalue weighted by Crippen LogP contribution is -2.30. The fourth-order valence-electron chi connectivity index (χ4n) is 1.93. The summed E-state index contributed by atoms with van der Waals surface area (Å²) >= 11 is 0. The van der Waals surface area contributed by atoms with E-state index in [0.717, 1.165) is 24.3 Å². The highest BCUT2D eigenvalue weighted by molar-refractivity contribution is 4.80. The highest BCUT2D eigenvalue weighted by Gasteiger charge is 2.27. The van der Waals surface area contributed by atoms with Gasteiger partial charge in [0.2, 0.25) is 0 Å². The predicted molar refractivity (Wildman–Crippen MR) is 44.7 cm³/mol. The molecule has 0 atom stereocenters. The molecule has 0 bridgehead atoms. The van der Waals surface area contributed by atoms with Crippen LogP contribution >= 0.6 is 0 Å². The molecule has 0 aromatic carbocycles. The van der Waals surface area contributed by atoms with Crippen LogP contribution in [0.3, 0.4) is 0 Å². The zero-order chi connectivity index (χ0) is 7.56. The van der Waals surface area contributed by atoms with Crippen molar-refractivity contribution >= 4 is 0 Å². The second kappa shape index (κ2) is 3.38. The van der Waals surface area contributed by atoms with Gasteiger partial charge in [0.05, 0.1) is 0 Å². The molecule has 10 heavy (non-hydrogen) atoms. The molecule has 0 heterocycles. The van der Waals surface area contributed by atoms with Gasteiger partial charge in [-0.2, -0.15) is 0 Å². The third kappa shape index (κ3) is 1.98. The van der Waals surface area contributed by atoms with Crippen LogP contribution in [0.25, 0.3) is 0 Å². The molecule has 0 amide bonds. The largest absolute Gasteiger partial charge is 0.330 e. The molecule has 1 fully saturated rings. The van der Waals surface area contributed by atoms with Crippen molar-refractivity contribution in [3.05, 3.63) is 0 Å². The van der Waals surface area contributed by atoms with E-state index in [1.54, 1.807) is 0 Å². The average Bonchev–Trinajstić information content (AvgIpc) is 1.76. The van der Waals surface area contributed by atoms with Gasteiger partial charge in [-0.1, -0.05) is 13.8 Å². The van der Waals surface area contributed by atoms with Crippen LogP contribution < -0.4 is 5.73 Å². The Hall–Kier alpha value is -0.0400. The third-order valence-corrected chi connectivity index (χ3v) is 2.47. The fraction of sp³-hybridized carbons (Fsp3) is 1.00. The van der Waals surface area contributed by atoms with Crippen LogP contribution in [0.2, 0.25) is 0 Å². The molecule has 0 saturated heterocycles. The Bertz CT molecular complexity index is 92.9. The first-order valence-corrected chi connectivity index (χ1v) is 4.42. The second-order valence-corrected chi connectivity index (χ2v) is 4.07. The monoisotopic (exact) mass is 141 g/mol. The Morgan fingerprint density at radius 2 is 1.90 bits per heavy atom. The molecule has 0 aliphatic heterocycles. The molecule has 1 heteroatoms. The highest BCUT2D eigenvalue weighted by Crippen LogP contribution is 2.36. The lowest BCUT2D eigenvalue weighted by Gasteiger charge is -2.35. The Morgan fingerprint density at radius 3 is 2.30 bits per heavy atom. The van der Waals surface area contributed by atoms with E-state index in [1.807, 2.05) is 0 Å². The molecule has 2 N–H and O–H groups in total. The van der Waals surface area contributed by atoms with Gasteiger partial charge in [-0.3, -0.25) is 0 Å². The zero-order valence-corrected chi connectivity index (χ0v) is 7.14. The topological polar surface area (TPSA) is 26.0 Å². The maximum absolute atomic E-state index is 5.53. The van der Waals surface area contributed by atoms with E-state index < -0.39 is 0 Å². The van der Waals surface area contributed by atoms with E-state index in [4.69, 9.17) is 5.73 Å². The fourth-order valence-corrected chi connectivity index (χ4v) is 1.93. The van der Waals surface area contributed by atoms with Crippen molar-refractivity contribution in [3.63, 3.8) is 0 Å². The molecule has 1 saturated carbocycles. The van der Waals surface area contributed by atoms with Crippen LogP contribution in [0.4, 0.5) is 0 Å². The smallest absolute Gasteiger partial charge is 0.00487 e. The first kappa shape index (κ1) is 8.06. The number of hydrogen-bond donors (Lipinski definition) is 1. The number of hydrogen-bond acceptors (Lipinski definition) is 1. The second-order valence-electron chi connectivity index (χ2n) is 4.07. The molecule has 1 nitrogen and oxygen atoms in total. The first-order chi connectivity index (χ1) is 4.72. The van der Waals surface area contributed by atoms with Crippen molar-refractivity contribution < 1.29 is 0 Å². The summed E-state index contributed by atoms with van der Waals surface area (Å²) < 4.78 is 0. The molecular formula is C9H19N. The van der Waals surface area contributed by atoms with E-state index in [-0.39, 0.29) is 0 Å². The van der Waals surface area contributed by atoms with Gasteiger partial charge in [0.1, 0.15) is 0 Å². The molecule has 60 valence electrons. The normalized spacial score (nSPS) is 32.4. The maximum Gasteiger partial charge on any atom is -0.00487 e. The highest BCUT2D eigenvalue weighted by atomic mass is 14.6. The zero-order valence-electron chi connectivity index (χ0n) is 7.14. The van der Waals surface area contributed by atoms with Gasteiger partial charge in [-0.25, -0.2) is 0 Å². The van der Waals surface area contributed by atoms with Gasteiger partial charge in [0.15, 0.2) is 0 Å². The van der Waals surface area contributed by atoms with Gasteiger partial charge in [-0.05, 0) is 43.6 Å². The lowest BCUT2D eigenvalue weighted by molar-refractivity contribution is 0.171. The summed E-state index contributed by atoms with van der Waals surface area (Å²) in [5.74, 6) is 2.75. The summed E-state index contributed by atoms with van der Waals surface area (Å²) in [5, 5.41) is 0. The maximum atomic E-state index is 5.53. The van der Waals surface area contributed by atoms with Crippen molar-refractivity contribution in [1.82, 2.24) is 0 Å². The minimum absolute atomic E-state index is 0.865. The van der Waals surface area contributed by atoms with Crippen LogP contribution in [-0.2, 0) is 0 Å². The molecule has 0 aromatic rings. The summed E-state index contributed by atoms with van der Waals surface area (Å²) in [5.41, 5.74) is 5.53. The van der Waals surface area contributed by atoms with Crippen molar-refractivity contribution in [2.24, 2.45) is 23.5 Å². The Kier molecular flexibility index (Phi) is 2.72. The minimum Gasteiger partial charge on any atom is -0.330 e. The lowest BCUT2D eigenvalue weighted by atomic mass is 9.71. The van der Waals surface area contributed by atoms with Crippen molar-refractivity contribution in [2.45, 2.75) is 33.1 Å². The quantitative estimate of drug-likeness (QED) is 0.639. The summed E-state index contributed by atoms with van der Waals surface area (Å²) in [4.78, 5) is 0. The molecule has 1 aliphatic carbocycles. The van der Waals surface area contributed by atoms with Crippen LogP contribution in [0.5, 0.6) is 0 Å². The molecular weight excluding hydrogens is 122 g/mol. The van der Waals surface area contributed by atoms with Gasteiger partial charge in [0.25, 0.3) is 0 Å². The SMILES string of the molecule is CC(C)CC1CC(CN)C1. The summed E-state index contributed by atoms with van der Waals surface area (Å²) in [7, 11) is 0. The van der Waals surface area contributed by atoms with Gasteiger partial charge < -0.3 is 5.73 Å².